The molecule has 0 bridgehead atoms. The van der Waals surface area contributed by atoms with E-state index in [2.05, 4.69) is 25.3 Å². The van der Waals surface area contributed by atoms with Gasteiger partial charge in [-0.1, -0.05) is 0 Å². The van der Waals surface area contributed by atoms with E-state index < -0.39 is 11.1 Å². The molecule has 17 nitrogen and oxygen atoms in total. The summed E-state index contributed by atoms with van der Waals surface area (Å²) in [6, 6.07) is 7.18. The highest BCUT2D eigenvalue weighted by molar-refractivity contribution is 6.12. The lowest BCUT2D eigenvalue weighted by molar-refractivity contribution is -0.131. The monoisotopic (exact) mass is 834 g/mol. The number of rotatable bonds is 12. The van der Waals surface area contributed by atoms with E-state index in [0.717, 1.165) is 31.4 Å². The first-order valence-corrected chi connectivity index (χ1v) is 19.8. The second-order valence-electron chi connectivity index (χ2n) is 15.2. The van der Waals surface area contributed by atoms with E-state index in [1.54, 1.807) is 77.4 Å². The molecule has 0 aliphatic carbocycles. The Kier molecular flexibility index (Phi) is 11.9. The Morgan fingerprint density at radius 2 is 1.10 bits per heavy atom. The van der Waals surface area contributed by atoms with Crippen LogP contribution in [0.25, 0.3) is 44.8 Å². The number of benzene rings is 2. The zero-order valence-corrected chi connectivity index (χ0v) is 35.8. The molecule has 2 fully saturated rings. The van der Waals surface area contributed by atoms with Crippen molar-refractivity contribution >= 4 is 39.8 Å². The summed E-state index contributed by atoms with van der Waals surface area (Å²) in [5, 5.41) is 3.32. The minimum atomic E-state index is -0.898. The smallest absolute Gasteiger partial charge is 0.220 e. The van der Waals surface area contributed by atoms with E-state index in [4.69, 9.17) is 38.4 Å². The lowest BCUT2D eigenvalue weighted by atomic mass is 9.89. The van der Waals surface area contributed by atoms with Crippen LogP contribution in [-0.2, 0) is 4.79 Å². The number of ketones is 2. The Hall–Kier alpha value is -6.75. The molecule has 61 heavy (non-hydrogen) atoms. The maximum Gasteiger partial charge on any atom is 0.220 e. The van der Waals surface area contributed by atoms with Gasteiger partial charge in [-0.25, -0.2) is 19.9 Å². The van der Waals surface area contributed by atoms with Gasteiger partial charge in [0.25, 0.3) is 0 Å². The number of ether oxygens (including phenoxy) is 6. The van der Waals surface area contributed by atoms with Gasteiger partial charge in [-0.05, 0) is 70.3 Å². The second-order valence-corrected chi connectivity index (χ2v) is 15.2. The normalized spacial score (nSPS) is 18.4. The minimum absolute atomic E-state index is 0.0255. The van der Waals surface area contributed by atoms with Crippen molar-refractivity contribution in [3.63, 3.8) is 0 Å². The number of H-pyrrole nitrogens is 2. The molecule has 1 amide bonds. The Morgan fingerprint density at radius 3 is 1.49 bits per heavy atom. The van der Waals surface area contributed by atoms with Gasteiger partial charge < -0.3 is 48.6 Å². The van der Waals surface area contributed by atoms with Crippen LogP contribution in [0.5, 0.6) is 34.5 Å². The van der Waals surface area contributed by atoms with Crippen LogP contribution in [0.1, 0.15) is 67.2 Å². The SMILES string of the molecule is COc1cc(-c2cnc3[nH]cc(C(=O)C4(C)CCCN4)c3n2)cc(OC)c1OC.COc1cc(-c2cnc3[nH]cc(C(=O)C4(C)CCCN4C(C)=O)c3n2)cc(OC)c1OC. The number of nitrogens with zero attached hydrogens (tertiary/aromatic N) is 5. The first-order chi connectivity index (χ1) is 29.3. The van der Waals surface area contributed by atoms with Gasteiger partial charge in [-0.2, -0.15) is 0 Å². The molecule has 3 N–H and O–H groups in total. The number of carbonyl (C=O) groups is 3. The summed E-state index contributed by atoms with van der Waals surface area (Å²) in [5.41, 5.74) is 4.17. The van der Waals surface area contributed by atoms with Crippen LogP contribution in [0.3, 0.4) is 0 Å². The van der Waals surface area contributed by atoms with Crippen molar-refractivity contribution < 1.29 is 42.8 Å². The number of aromatic nitrogens is 6. The van der Waals surface area contributed by atoms with E-state index in [9.17, 15) is 14.4 Å². The van der Waals surface area contributed by atoms with Gasteiger partial charge >= 0.3 is 0 Å². The molecule has 0 saturated carbocycles. The molecule has 8 rings (SSSR count). The molecule has 2 aliphatic heterocycles. The van der Waals surface area contributed by atoms with E-state index in [1.807, 2.05) is 26.0 Å². The molecule has 0 radical (unpaired) electrons. The summed E-state index contributed by atoms with van der Waals surface area (Å²) < 4.78 is 32.5. The number of methoxy groups -OCH3 is 6. The zero-order valence-electron chi connectivity index (χ0n) is 35.8. The number of hydrogen-bond donors (Lipinski definition) is 3. The molecule has 2 aromatic carbocycles. The molecule has 2 atom stereocenters. The van der Waals surface area contributed by atoms with Crippen LogP contribution in [0.2, 0.25) is 0 Å². The first kappa shape index (κ1) is 42.4. The highest BCUT2D eigenvalue weighted by atomic mass is 16.5. The highest BCUT2D eigenvalue weighted by Crippen LogP contribution is 2.43. The molecule has 6 heterocycles. The Bertz CT molecular complexity index is 2580. The van der Waals surface area contributed by atoms with Gasteiger partial charge in [0.15, 0.2) is 45.9 Å². The molecule has 6 aromatic rings. The van der Waals surface area contributed by atoms with Crippen molar-refractivity contribution in [2.75, 3.05) is 55.7 Å². The van der Waals surface area contributed by atoms with Crippen LogP contribution in [0.4, 0.5) is 0 Å². The fourth-order valence-corrected chi connectivity index (χ4v) is 8.25. The van der Waals surface area contributed by atoms with Crippen LogP contribution in [0.15, 0.2) is 49.1 Å². The predicted octanol–water partition coefficient (Wildman–Crippen LogP) is 6.21. The number of hydrogen-bond acceptors (Lipinski definition) is 14. The third-order valence-electron chi connectivity index (χ3n) is 11.6. The molecule has 2 saturated heterocycles. The van der Waals surface area contributed by atoms with Gasteiger partial charge in [-0.15, -0.1) is 0 Å². The van der Waals surface area contributed by atoms with Crippen molar-refractivity contribution in [3.8, 4) is 57.0 Å². The number of aromatic amines is 2. The number of carbonyl (C=O) groups excluding carboxylic acids is 3. The molecule has 17 heteroatoms. The van der Waals surface area contributed by atoms with Crippen molar-refractivity contribution in [1.29, 1.82) is 0 Å². The second kappa shape index (κ2) is 17.1. The van der Waals surface area contributed by atoms with E-state index in [1.165, 1.54) is 14.0 Å². The first-order valence-electron chi connectivity index (χ1n) is 19.8. The number of likely N-dealkylation sites (tertiary alicyclic amines) is 1. The topological polar surface area (TPSA) is 205 Å². The molecule has 320 valence electrons. The Balaban J connectivity index is 0.000000185. The molecule has 2 aliphatic rings. The van der Waals surface area contributed by atoms with Crippen molar-refractivity contribution in [3.05, 3.63) is 60.2 Å². The largest absolute Gasteiger partial charge is 0.493 e. The van der Waals surface area contributed by atoms with Crippen LogP contribution >= 0.6 is 0 Å². The van der Waals surface area contributed by atoms with Gasteiger partial charge in [0.1, 0.15) is 16.6 Å². The number of nitrogens with one attached hydrogen (secondary N) is 3. The van der Waals surface area contributed by atoms with Crippen LogP contribution in [-0.4, -0.2) is 119 Å². The van der Waals surface area contributed by atoms with Crippen molar-refractivity contribution in [2.24, 2.45) is 0 Å². The molecule has 2 unspecified atom stereocenters. The summed E-state index contributed by atoms with van der Waals surface area (Å²) in [7, 11) is 9.31. The van der Waals surface area contributed by atoms with Crippen LogP contribution < -0.4 is 33.7 Å². The van der Waals surface area contributed by atoms with Crippen molar-refractivity contribution in [2.45, 2.75) is 57.5 Å². The molecule has 4 aromatic heterocycles. The van der Waals surface area contributed by atoms with Crippen molar-refractivity contribution in [1.82, 2.24) is 40.1 Å². The van der Waals surface area contributed by atoms with Gasteiger partial charge in [0, 0.05) is 37.0 Å². The zero-order chi connectivity index (χ0) is 43.6. The summed E-state index contributed by atoms with van der Waals surface area (Å²) in [6.07, 6.45) is 9.76. The number of amides is 1. The maximum atomic E-state index is 13.6. The number of fused-ring (bicyclic) bond motifs is 2. The lowest BCUT2D eigenvalue weighted by Crippen LogP contribution is -2.50. The summed E-state index contributed by atoms with van der Waals surface area (Å²) in [6.45, 7) is 6.67. The average molecular weight is 835 g/mol. The Labute approximate surface area is 352 Å². The van der Waals surface area contributed by atoms with Gasteiger partial charge in [-0.3, -0.25) is 14.4 Å². The Morgan fingerprint density at radius 1 is 0.639 bits per heavy atom. The standard InChI is InChI=1S/C23H26N4O5.C21H24N4O4/c1-13(28)27-8-6-7-23(27,2)21(29)15-11-24-22-19(15)26-16(12-25-22)14-9-17(30-3)20(32-5)18(10-14)31-4;1-21(6-5-7-24-21)19(26)13-10-22-20-17(13)25-14(11-23-20)12-8-15(27-2)18(29-4)16(9-12)28-3/h9-12H,6-8H2,1-5H3,(H,24,25);8-11,24H,5-7H2,1-4H3,(H,22,23). The molecular weight excluding hydrogens is 785 g/mol. The third-order valence-corrected chi connectivity index (χ3v) is 11.6. The fraction of sp³-hybridized carbons (Fsp3) is 0.386. The van der Waals surface area contributed by atoms with Gasteiger partial charge in [0.2, 0.25) is 17.4 Å². The van der Waals surface area contributed by atoms with Gasteiger partial charge in [0.05, 0.1) is 83.1 Å². The highest BCUT2D eigenvalue weighted by Gasteiger charge is 2.45. The summed E-state index contributed by atoms with van der Waals surface area (Å²) in [4.78, 5) is 65.0. The quantitative estimate of drug-likeness (QED) is 0.117. The van der Waals surface area contributed by atoms with E-state index in [0.29, 0.717) is 97.9 Å². The number of Topliss-reactive ketones (excluding diaryl/α,β-unsaturated/α-hetero) is 2. The summed E-state index contributed by atoms with van der Waals surface area (Å²) in [5.74, 6) is 2.78. The van der Waals surface area contributed by atoms with E-state index in [-0.39, 0.29) is 17.5 Å². The summed E-state index contributed by atoms with van der Waals surface area (Å²) >= 11 is 0. The molecular formula is C44H50N8O9. The maximum absolute atomic E-state index is 13.6. The molecule has 0 spiro atoms. The minimum Gasteiger partial charge on any atom is -0.493 e. The lowest BCUT2D eigenvalue weighted by Gasteiger charge is -2.32. The van der Waals surface area contributed by atoms with E-state index >= 15 is 0 Å². The fourth-order valence-electron chi connectivity index (χ4n) is 8.25. The predicted molar refractivity (Wildman–Crippen MR) is 227 cm³/mol. The third kappa shape index (κ3) is 7.65. The van der Waals surface area contributed by atoms with Crippen LogP contribution in [0, 0.1) is 0 Å². The average Bonchev–Trinajstić information content (AvgIpc) is 4.11.